The van der Waals surface area contributed by atoms with Crippen molar-refractivity contribution in [2.24, 2.45) is 5.16 Å². The third-order valence-electron chi connectivity index (χ3n) is 1.49. The average molecular weight is 228 g/mol. The van der Waals surface area contributed by atoms with Gasteiger partial charge in [-0.05, 0) is 30.2 Å². The summed E-state index contributed by atoms with van der Waals surface area (Å²) in [6, 6.07) is 6.00. The maximum Gasteiger partial charge on any atom is 0.106 e. The Morgan fingerprint density at radius 1 is 1.50 bits per heavy atom. The number of rotatable bonds is 2. The maximum absolute atomic E-state index is 4.57. The van der Waals surface area contributed by atoms with E-state index in [0.29, 0.717) is 0 Å². The largest absolute Gasteiger partial charge is 0.399 e. The van der Waals surface area contributed by atoms with E-state index >= 15 is 0 Å². The van der Waals surface area contributed by atoms with Crippen molar-refractivity contribution >= 4 is 22.1 Å². The molecule has 3 heteroatoms. The first-order valence-corrected chi connectivity index (χ1v) is 4.36. The minimum absolute atomic E-state index is 1.04. The fourth-order valence-electron chi connectivity index (χ4n) is 0.862. The highest BCUT2D eigenvalue weighted by Crippen LogP contribution is 2.15. The molecule has 0 unspecified atom stereocenters. The van der Waals surface area contributed by atoms with E-state index in [9.17, 15) is 0 Å². The summed E-state index contributed by atoms with van der Waals surface area (Å²) in [5.74, 6) is 0. The molecule has 0 heterocycles. The van der Waals surface area contributed by atoms with Crippen LogP contribution in [0.5, 0.6) is 0 Å². The van der Waals surface area contributed by atoms with Gasteiger partial charge in [0.2, 0.25) is 0 Å². The molecule has 1 aromatic rings. The Balaban J connectivity index is 2.89. The molecule has 0 aliphatic heterocycles. The molecule has 0 saturated heterocycles. The average Bonchev–Trinajstić information content (AvgIpc) is 2.07. The van der Waals surface area contributed by atoms with E-state index in [-0.39, 0.29) is 0 Å². The van der Waals surface area contributed by atoms with Gasteiger partial charge in [0, 0.05) is 4.47 Å². The molecule has 0 radical (unpaired) electrons. The molecular formula is C9H10BrNO. The highest BCUT2D eigenvalue weighted by atomic mass is 79.9. The third-order valence-corrected chi connectivity index (χ3v) is 2.38. The Labute approximate surface area is 80.4 Å². The Kier molecular flexibility index (Phi) is 3.29. The zero-order valence-electron chi connectivity index (χ0n) is 7.04. The summed E-state index contributed by atoms with van der Waals surface area (Å²) in [4.78, 5) is 4.57. The molecule has 0 N–H and O–H groups in total. The Hall–Kier alpha value is -0.830. The number of nitrogens with zero attached hydrogens (tertiary/aromatic N) is 1. The van der Waals surface area contributed by atoms with Crippen LogP contribution in [0.15, 0.2) is 27.8 Å². The summed E-state index contributed by atoms with van der Waals surface area (Å²) in [6.45, 7) is 2.04. The summed E-state index contributed by atoms with van der Waals surface area (Å²) in [6.07, 6.45) is 1.68. The fourth-order valence-corrected chi connectivity index (χ4v) is 1.11. The second-order valence-electron chi connectivity index (χ2n) is 2.43. The second kappa shape index (κ2) is 4.26. The molecule has 0 amide bonds. The Morgan fingerprint density at radius 2 is 2.25 bits per heavy atom. The van der Waals surface area contributed by atoms with Gasteiger partial charge in [0.05, 0.1) is 6.21 Å². The molecule has 0 aromatic heterocycles. The first-order valence-electron chi connectivity index (χ1n) is 3.56. The zero-order chi connectivity index (χ0) is 8.97. The van der Waals surface area contributed by atoms with Crippen LogP contribution >= 0.6 is 15.9 Å². The molecule has 0 aliphatic carbocycles. The number of aryl methyl sites for hydroxylation is 1. The number of halogens is 1. The molecule has 1 aromatic carbocycles. The monoisotopic (exact) mass is 227 g/mol. The van der Waals surface area contributed by atoms with E-state index in [1.165, 1.54) is 12.7 Å². The van der Waals surface area contributed by atoms with Gasteiger partial charge < -0.3 is 4.84 Å². The molecule has 0 fully saturated rings. The normalized spacial score (nSPS) is 10.6. The van der Waals surface area contributed by atoms with Crippen molar-refractivity contribution < 1.29 is 4.84 Å². The van der Waals surface area contributed by atoms with Crippen LogP contribution in [0.2, 0.25) is 0 Å². The molecular weight excluding hydrogens is 218 g/mol. The molecule has 0 atom stereocenters. The maximum atomic E-state index is 4.57. The smallest absolute Gasteiger partial charge is 0.106 e. The van der Waals surface area contributed by atoms with Crippen molar-refractivity contribution in [2.45, 2.75) is 6.92 Å². The molecule has 0 bridgehead atoms. The molecule has 0 spiro atoms. The SMILES string of the molecule is CO/N=C/c1ccc(Br)c(C)c1. The molecule has 64 valence electrons. The molecule has 12 heavy (non-hydrogen) atoms. The number of benzene rings is 1. The molecule has 0 saturated carbocycles. The first-order chi connectivity index (χ1) is 5.74. The van der Waals surface area contributed by atoms with Crippen LogP contribution in [0.25, 0.3) is 0 Å². The summed E-state index contributed by atoms with van der Waals surface area (Å²) in [5, 5.41) is 3.67. The topological polar surface area (TPSA) is 21.6 Å². The highest BCUT2D eigenvalue weighted by molar-refractivity contribution is 9.10. The van der Waals surface area contributed by atoms with Crippen LogP contribution in [-0.4, -0.2) is 13.3 Å². The van der Waals surface area contributed by atoms with Crippen LogP contribution in [-0.2, 0) is 4.84 Å². The van der Waals surface area contributed by atoms with Crippen molar-refractivity contribution in [3.8, 4) is 0 Å². The predicted octanol–water partition coefficient (Wildman–Crippen LogP) is 2.74. The van der Waals surface area contributed by atoms with Gasteiger partial charge in [-0.25, -0.2) is 0 Å². The van der Waals surface area contributed by atoms with Crippen LogP contribution in [0.3, 0.4) is 0 Å². The van der Waals surface area contributed by atoms with Crippen molar-refractivity contribution in [1.82, 2.24) is 0 Å². The Bertz CT molecular complexity index is 297. The van der Waals surface area contributed by atoms with Gasteiger partial charge in [-0.15, -0.1) is 0 Å². The summed E-state index contributed by atoms with van der Waals surface area (Å²) in [5.41, 5.74) is 2.23. The summed E-state index contributed by atoms with van der Waals surface area (Å²) in [7, 11) is 1.53. The number of hydrogen-bond acceptors (Lipinski definition) is 2. The van der Waals surface area contributed by atoms with E-state index < -0.39 is 0 Å². The summed E-state index contributed by atoms with van der Waals surface area (Å²) >= 11 is 3.42. The number of oxime groups is 1. The van der Waals surface area contributed by atoms with Gasteiger partial charge in [-0.2, -0.15) is 0 Å². The molecule has 0 aliphatic rings. The van der Waals surface area contributed by atoms with Crippen molar-refractivity contribution in [3.63, 3.8) is 0 Å². The van der Waals surface area contributed by atoms with Gasteiger partial charge in [0.15, 0.2) is 0 Å². The van der Waals surface area contributed by atoms with Gasteiger partial charge in [0.25, 0.3) is 0 Å². The van der Waals surface area contributed by atoms with Crippen LogP contribution in [0.1, 0.15) is 11.1 Å². The lowest BCUT2D eigenvalue weighted by molar-refractivity contribution is 0.215. The van der Waals surface area contributed by atoms with Gasteiger partial charge in [-0.3, -0.25) is 0 Å². The lowest BCUT2D eigenvalue weighted by atomic mass is 10.2. The predicted molar refractivity (Wildman–Crippen MR) is 53.5 cm³/mol. The van der Waals surface area contributed by atoms with Crippen LogP contribution in [0, 0.1) is 6.92 Å². The minimum Gasteiger partial charge on any atom is -0.399 e. The van der Waals surface area contributed by atoms with Crippen molar-refractivity contribution in [3.05, 3.63) is 33.8 Å². The summed E-state index contributed by atoms with van der Waals surface area (Å²) < 4.78 is 1.11. The standard InChI is InChI=1S/C9H10BrNO/c1-7-5-8(6-11-12-2)3-4-9(7)10/h3-6H,1-2H3/b11-6+. The van der Waals surface area contributed by atoms with E-state index in [1.807, 2.05) is 25.1 Å². The van der Waals surface area contributed by atoms with Gasteiger partial charge >= 0.3 is 0 Å². The molecule has 2 nitrogen and oxygen atoms in total. The third kappa shape index (κ3) is 2.34. The highest BCUT2D eigenvalue weighted by Gasteiger charge is 1.94. The quantitative estimate of drug-likeness (QED) is 0.563. The van der Waals surface area contributed by atoms with Gasteiger partial charge in [-0.1, -0.05) is 27.2 Å². The van der Waals surface area contributed by atoms with Crippen molar-refractivity contribution in [2.75, 3.05) is 7.11 Å². The van der Waals surface area contributed by atoms with E-state index in [2.05, 4.69) is 25.9 Å². The minimum atomic E-state index is 1.04. The molecule has 1 rings (SSSR count). The number of hydrogen-bond donors (Lipinski definition) is 0. The lowest BCUT2D eigenvalue weighted by Gasteiger charge is -1.98. The first kappa shape index (κ1) is 9.26. The van der Waals surface area contributed by atoms with E-state index in [0.717, 1.165) is 10.0 Å². The second-order valence-corrected chi connectivity index (χ2v) is 3.28. The van der Waals surface area contributed by atoms with E-state index in [4.69, 9.17) is 0 Å². The lowest BCUT2D eigenvalue weighted by Crippen LogP contribution is -1.84. The van der Waals surface area contributed by atoms with Gasteiger partial charge in [0.1, 0.15) is 7.11 Å². The van der Waals surface area contributed by atoms with Crippen LogP contribution in [0.4, 0.5) is 0 Å². The zero-order valence-corrected chi connectivity index (χ0v) is 8.63. The Morgan fingerprint density at radius 3 is 2.83 bits per heavy atom. The van der Waals surface area contributed by atoms with Crippen LogP contribution < -0.4 is 0 Å². The van der Waals surface area contributed by atoms with Crippen molar-refractivity contribution in [1.29, 1.82) is 0 Å². The fraction of sp³-hybridized carbons (Fsp3) is 0.222. The van der Waals surface area contributed by atoms with E-state index in [1.54, 1.807) is 6.21 Å².